The predicted molar refractivity (Wildman–Crippen MR) is 123 cm³/mol. The molecule has 0 amide bonds. The Kier molecular flexibility index (Phi) is 5.99. The van der Waals surface area contributed by atoms with Crippen molar-refractivity contribution >= 4 is 38.3 Å². The summed E-state index contributed by atoms with van der Waals surface area (Å²) in [6, 6.07) is 20.3. The molecule has 4 rings (SSSR count). The first kappa shape index (κ1) is 19.7. The van der Waals surface area contributed by atoms with Gasteiger partial charge in [0, 0.05) is 6.42 Å². The van der Waals surface area contributed by atoms with E-state index in [-0.39, 0.29) is 0 Å². The van der Waals surface area contributed by atoms with E-state index >= 15 is 0 Å². The van der Waals surface area contributed by atoms with Crippen LogP contribution in [0.1, 0.15) is 69.8 Å². The molecule has 0 aliphatic heterocycles. The summed E-state index contributed by atoms with van der Waals surface area (Å²) >= 11 is 0. The van der Waals surface area contributed by atoms with Crippen molar-refractivity contribution in [2.24, 2.45) is 0 Å². The van der Waals surface area contributed by atoms with Gasteiger partial charge >= 0.3 is 5.97 Å². The Morgan fingerprint density at radius 3 is 2.07 bits per heavy atom. The first-order valence-corrected chi connectivity index (χ1v) is 11.0. The van der Waals surface area contributed by atoms with Gasteiger partial charge in [0.2, 0.25) is 0 Å². The van der Waals surface area contributed by atoms with Crippen LogP contribution in [-0.2, 0) is 4.79 Å². The molecule has 0 radical (unpaired) electrons. The summed E-state index contributed by atoms with van der Waals surface area (Å²) in [6.45, 7) is 2.36. The summed E-state index contributed by atoms with van der Waals surface area (Å²) in [5.41, 5.74) is 1.47. The van der Waals surface area contributed by atoms with E-state index in [0.29, 0.717) is 12.3 Å². The van der Waals surface area contributed by atoms with Gasteiger partial charge in [-0.3, -0.25) is 4.79 Å². The van der Waals surface area contributed by atoms with Crippen LogP contribution in [0.3, 0.4) is 0 Å². The standard InChI is InChI=1S/C27H30O2/c1-19(9-6-4-2-3-5-7-12-25(28)29)23-17-15-22-14-13-20-10-8-11-21-16-18-24(23)27(22)26(20)21/h8,10-11,13-19H,2-7,9,12H2,1H3,(H,28,29). The number of carboxylic acids is 1. The van der Waals surface area contributed by atoms with Crippen LogP contribution >= 0.6 is 0 Å². The molecule has 2 nitrogen and oxygen atoms in total. The van der Waals surface area contributed by atoms with Crippen LogP contribution in [-0.4, -0.2) is 11.1 Å². The maximum atomic E-state index is 10.5. The third-order valence-electron chi connectivity index (χ3n) is 6.37. The molecule has 150 valence electrons. The molecule has 1 atom stereocenters. The normalized spacial score (nSPS) is 12.9. The molecule has 0 aliphatic carbocycles. The fourth-order valence-electron chi connectivity index (χ4n) is 4.78. The molecule has 0 bridgehead atoms. The van der Waals surface area contributed by atoms with Crippen LogP contribution in [0.2, 0.25) is 0 Å². The second kappa shape index (κ2) is 8.82. The van der Waals surface area contributed by atoms with Crippen molar-refractivity contribution < 1.29 is 9.90 Å². The molecule has 0 aromatic heterocycles. The van der Waals surface area contributed by atoms with Gasteiger partial charge < -0.3 is 5.11 Å². The van der Waals surface area contributed by atoms with Gasteiger partial charge in [0.05, 0.1) is 0 Å². The average molecular weight is 387 g/mol. The highest BCUT2D eigenvalue weighted by atomic mass is 16.4. The molecule has 0 fully saturated rings. The summed E-state index contributed by atoms with van der Waals surface area (Å²) in [4.78, 5) is 10.5. The molecule has 1 N–H and O–H groups in total. The van der Waals surface area contributed by atoms with Gasteiger partial charge in [0.25, 0.3) is 0 Å². The largest absolute Gasteiger partial charge is 0.481 e. The summed E-state index contributed by atoms with van der Waals surface area (Å²) < 4.78 is 0. The minimum absolute atomic E-state index is 0.311. The van der Waals surface area contributed by atoms with Crippen molar-refractivity contribution in [1.29, 1.82) is 0 Å². The van der Waals surface area contributed by atoms with Gasteiger partial charge in [0.15, 0.2) is 0 Å². The Morgan fingerprint density at radius 1 is 0.759 bits per heavy atom. The first-order valence-electron chi connectivity index (χ1n) is 11.0. The topological polar surface area (TPSA) is 37.3 Å². The van der Waals surface area contributed by atoms with Crippen LogP contribution in [0.25, 0.3) is 32.3 Å². The highest BCUT2D eigenvalue weighted by molar-refractivity contribution is 6.23. The predicted octanol–water partition coefficient (Wildman–Crippen LogP) is 7.89. The molecular formula is C27H30O2. The SMILES string of the molecule is CC(CCCCCCCCC(=O)O)c1ccc2ccc3cccc4ccc1c2c34. The van der Waals surface area contributed by atoms with Crippen molar-refractivity contribution in [2.75, 3.05) is 0 Å². The zero-order chi connectivity index (χ0) is 20.2. The lowest BCUT2D eigenvalue weighted by atomic mass is 9.86. The molecule has 0 saturated heterocycles. The molecule has 0 saturated carbocycles. The Morgan fingerprint density at radius 2 is 1.34 bits per heavy atom. The molecule has 0 aliphatic rings. The number of hydrogen-bond donors (Lipinski definition) is 1. The number of hydrogen-bond acceptors (Lipinski definition) is 1. The molecule has 0 heterocycles. The fourth-order valence-corrected chi connectivity index (χ4v) is 4.78. The maximum absolute atomic E-state index is 10.5. The molecule has 4 aromatic rings. The number of benzene rings is 4. The average Bonchev–Trinajstić information content (AvgIpc) is 2.73. The maximum Gasteiger partial charge on any atom is 0.303 e. The Hall–Kier alpha value is -2.61. The van der Waals surface area contributed by atoms with E-state index in [1.807, 2.05) is 0 Å². The van der Waals surface area contributed by atoms with Crippen molar-refractivity contribution in [1.82, 2.24) is 0 Å². The van der Waals surface area contributed by atoms with E-state index in [1.165, 1.54) is 63.6 Å². The number of rotatable bonds is 10. The van der Waals surface area contributed by atoms with Crippen LogP contribution in [0, 0.1) is 0 Å². The number of carbonyl (C=O) groups is 1. The van der Waals surface area contributed by atoms with Gasteiger partial charge in [-0.2, -0.15) is 0 Å². The Bertz CT molecular complexity index is 1100. The molecular weight excluding hydrogens is 356 g/mol. The molecule has 0 spiro atoms. The van der Waals surface area contributed by atoms with Crippen LogP contribution in [0.4, 0.5) is 0 Å². The Labute approximate surface area is 172 Å². The second-order valence-corrected chi connectivity index (χ2v) is 8.47. The summed E-state index contributed by atoms with van der Waals surface area (Å²) in [5.74, 6) is -0.126. The molecule has 29 heavy (non-hydrogen) atoms. The summed E-state index contributed by atoms with van der Waals surface area (Å²) in [6.07, 6.45) is 8.21. The van der Waals surface area contributed by atoms with E-state index in [4.69, 9.17) is 5.11 Å². The smallest absolute Gasteiger partial charge is 0.303 e. The first-order chi connectivity index (χ1) is 14.1. The van der Waals surface area contributed by atoms with Gasteiger partial charge in [0.1, 0.15) is 0 Å². The van der Waals surface area contributed by atoms with E-state index in [1.54, 1.807) is 0 Å². The van der Waals surface area contributed by atoms with E-state index in [2.05, 4.69) is 61.5 Å². The minimum atomic E-state index is -0.674. The molecule has 4 aromatic carbocycles. The zero-order valence-corrected chi connectivity index (χ0v) is 17.3. The van der Waals surface area contributed by atoms with Crippen LogP contribution < -0.4 is 0 Å². The monoisotopic (exact) mass is 386 g/mol. The van der Waals surface area contributed by atoms with Crippen molar-refractivity contribution in [3.8, 4) is 0 Å². The third-order valence-corrected chi connectivity index (χ3v) is 6.37. The highest BCUT2D eigenvalue weighted by Crippen LogP contribution is 2.38. The highest BCUT2D eigenvalue weighted by Gasteiger charge is 2.14. The Balaban J connectivity index is 1.43. The van der Waals surface area contributed by atoms with E-state index < -0.39 is 5.97 Å². The quantitative estimate of drug-likeness (QED) is 0.222. The fraction of sp³-hybridized carbons (Fsp3) is 0.370. The van der Waals surface area contributed by atoms with Crippen LogP contribution in [0.5, 0.6) is 0 Å². The lowest BCUT2D eigenvalue weighted by Crippen LogP contribution is -1.97. The number of carboxylic acid groups (broad SMARTS) is 1. The van der Waals surface area contributed by atoms with Gasteiger partial charge in [-0.1, -0.05) is 93.6 Å². The lowest BCUT2D eigenvalue weighted by Gasteiger charge is -2.18. The second-order valence-electron chi connectivity index (χ2n) is 8.47. The van der Waals surface area contributed by atoms with Crippen molar-refractivity contribution in [3.05, 3.63) is 60.2 Å². The van der Waals surface area contributed by atoms with E-state index in [9.17, 15) is 4.79 Å². The summed E-state index contributed by atoms with van der Waals surface area (Å²) in [5, 5.41) is 16.9. The summed E-state index contributed by atoms with van der Waals surface area (Å²) in [7, 11) is 0. The minimum Gasteiger partial charge on any atom is -0.481 e. The third kappa shape index (κ3) is 4.22. The lowest BCUT2D eigenvalue weighted by molar-refractivity contribution is -0.137. The van der Waals surface area contributed by atoms with Gasteiger partial charge in [-0.25, -0.2) is 0 Å². The molecule has 1 unspecified atom stereocenters. The number of aliphatic carboxylic acids is 1. The van der Waals surface area contributed by atoms with Gasteiger partial charge in [-0.05, 0) is 56.6 Å². The van der Waals surface area contributed by atoms with Crippen LogP contribution in [0.15, 0.2) is 54.6 Å². The number of unbranched alkanes of at least 4 members (excludes halogenated alkanes) is 5. The van der Waals surface area contributed by atoms with Crippen molar-refractivity contribution in [3.63, 3.8) is 0 Å². The van der Waals surface area contributed by atoms with Crippen molar-refractivity contribution in [2.45, 2.75) is 64.2 Å². The van der Waals surface area contributed by atoms with E-state index in [0.717, 1.165) is 19.3 Å². The molecule has 2 heteroatoms. The van der Waals surface area contributed by atoms with Gasteiger partial charge in [-0.15, -0.1) is 0 Å². The zero-order valence-electron chi connectivity index (χ0n) is 17.3.